The quantitative estimate of drug-likeness (QED) is 0.446. The minimum absolute atomic E-state index is 0.0979. The van der Waals surface area contributed by atoms with Crippen molar-refractivity contribution in [3.05, 3.63) is 44.8 Å². The fraction of sp³-hybridized carbons (Fsp3) is 0.389. The number of nitro benzene ring substituents is 1. The van der Waals surface area contributed by atoms with Crippen LogP contribution in [0.1, 0.15) is 31.2 Å². The van der Waals surface area contributed by atoms with Gasteiger partial charge in [-0.15, -0.1) is 0 Å². The van der Waals surface area contributed by atoms with Gasteiger partial charge in [0.1, 0.15) is 6.54 Å². The Bertz CT molecular complexity index is 815. The van der Waals surface area contributed by atoms with Crippen molar-refractivity contribution in [1.29, 1.82) is 0 Å². The number of thioether (sulfide) groups is 1. The molecule has 2 aliphatic rings. The van der Waals surface area contributed by atoms with Crippen LogP contribution in [-0.4, -0.2) is 51.4 Å². The number of nitrogens with zero attached hydrogens (tertiary/aromatic N) is 3. The number of rotatable bonds is 4. The zero-order chi connectivity index (χ0) is 19.4. The molecule has 0 aromatic heterocycles. The first-order valence-electron chi connectivity index (χ1n) is 8.73. The van der Waals surface area contributed by atoms with E-state index in [4.69, 9.17) is 0 Å². The molecular weight excluding hydrogens is 370 g/mol. The summed E-state index contributed by atoms with van der Waals surface area (Å²) in [6.45, 7) is 1.04. The first kappa shape index (κ1) is 19.1. The number of amides is 3. The van der Waals surface area contributed by atoms with E-state index in [9.17, 15) is 24.5 Å². The summed E-state index contributed by atoms with van der Waals surface area (Å²) in [5.74, 6) is -0.768. The fourth-order valence-electron chi connectivity index (χ4n) is 3.07. The van der Waals surface area contributed by atoms with Gasteiger partial charge in [0.25, 0.3) is 16.8 Å². The van der Waals surface area contributed by atoms with E-state index < -0.39 is 16.1 Å². The molecule has 3 amide bonds. The molecule has 3 rings (SSSR count). The molecule has 0 radical (unpaired) electrons. The van der Waals surface area contributed by atoms with Crippen LogP contribution in [0.4, 0.5) is 10.5 Å². The van der Waals surface area contributed by atoms with Crippen LogP contribution in [0.25, 0.3) is 6.08 Å². The van der Waals surface area contributed by atoms with Crippen LogP contribution in [0.5, 0.6) is 0 Å². The average Bonchev–Trinajstić information content (AvgIpc) is 2.86. The van der Waals surface area contributed by atoms with Gasteiger partial charge >= 0.3 is 0 Å². The van der Waals surface area contributed by atoms with Crippen LogP contribution in [0.2, 0.25) is 0 Å². The Balaban J connectivity index is 1.72. The highest BCUT2D eigenvalue weighted by Gasteiger charge is 2.37. The van der Waals surface area contributed by atoms with Gasteiger partial charge in [-0.05, 0) is 36.2 Å². The van der Waals surface area contributed by atoms with Crippen molar-refractivity contribution in [2.45, 2.75) is 25.7 Å². The Kier molecular flexibility index (Phi) is 5.90. The summed E-state index contributed by atoms with van der Waals surface area (Å²) >= 11 is 0.742. The predicted molar refractivity (Wildman–Crippen MR) is 101 cm³/mol. The Hall–Kier alpha value is -2.68. The molecule has 142 valence electrons. The number of carbonyl (C=O) groups is 3. The molecule has 0 atom stereocenters. The molecule has 1 aromatic carbocycles. The number of nitro groups is 1. The van der Waals surface area contributed by atoms with Crippen LogP contribution < -0.4 is 0 Å². The van der Waals surface area contributed by atoms with Crippen molar-refractivity contribution >= 4 is 40.6 Å². The molecule has 0 aliphatic carbocycles. The van der Waals surface area contributed by atoms with E-state index in [1.807, 2.05) is 0 Å². The molecule has 0 unspecified atom stereocenters. The molecule has 0 spiro atoms. The molecule has 2 saturated heterocycles. The summed E-state index contributed by atoms with van der Waals surface area (Å²) in [5, 5.41) is 10.4. The lowest BCUT2D eigenvalue weighted by atomic mass is 10.2. The van der Waals surface area contributed by atoms with E-state index in [2.05, 4.69) is 0 Å². The van der Waals surface area contributed by atoms with E-state index in [-0.39, 0.29) is 23.0 Å². The number of benzene rings is 1. The van der Waals surface area contributed by atoms with E-state index >= 15 is 0 Å². The molecule has 0 N–H and O–H groups in total. The van der Waals surface area contributed by atoms with Crippen molar-refractivity contribution in [2.75, 3.05) is 19.6 Å². The van der Waals surface area contributed by atoms with E-state index in [0.29, 0.717) is 18.7 Å². The van der Waals surface area contributed by atoms with Gasteiger partial charge in [-0.25, -0.2) is 0 Å². The van der Waals surface area contributed by atoms with Gasteiger partial charge < -0.3 is 4.90 Å². The summed E-state index contributed by atoms with van der Waals surface area (Å²) in [6, 6.07) is 5.81. The Labute approximate surface area is 160 Å². The topological polar surface area (TPSA) is 101 Å². The Morgan fingerprint density at radius 2 is 1.89 bits per heavy atom. The number of carbonyl (C=O) groups excluding carboxylic acids is 3. The molecule has 2 aliphatic heterocycles. The predicted octanol–water partition coefficient (Wildman–Crippen LogP) is 3.03. The summed E-state index contributed by atoms with van der Waals surface area (Å²) in [6.07, 6.45) is 5.46. The van der Waals surface area contributed by atoms with Crippen molar-refractivity contribution < 1.29 is 19.3 Å². The van der Waals surface area contributed by atoms with E-state index in [0.717, 1.165) is 42.3 Å². The molecule has 9 heteroatoms. The third-order valence-electron chi connectivity index (χ3n) is 4.50. The summed E-state index contributed by atoms with van der Waals surface area (Å²) < 4.78 is 0. The first-order chi connectivity index (χ1) is 13.0. The van der Waals surface area contributed by atoms with Crippen molar-refractivity contribution in [1.82, 2.24) is 9.80 Å². The van der Waals surface area contributed by atoms with Gasteiger partial charge in [0, 0.05) is 25.2 Å². The van der Waals surface area contributed by atoms with Gasteiger partial charge in [0.15, 0.2) is 0 Å². The Morgan fingerprint density at radius 3 is 2.56 bits per heavy atom. The molecule has 1 aromatic rings. The van der Waals surface area contributed by atoms with E-state index in [1.54, 1.807) is 11.0 Å². The van der Waals surface area contributed by atoms with Gasteiger partial charge in [-0.2, -0.15) is 0 Å². The first-order valence-corrected chi connectivity index (χ1v) is 9.55. The lowest BCUT2D eigenvalue weighted by Gasteiger charge is -2.22. The second-order valence-corrected chi connectivity index (χ2v) is 7.41. The molecule has 2 fully saturated rings. The molecule has 8 nitrogen and oxygen atoms in total. The molecule has 0 bridgehead atoms. The summed E-state index contributed by atoms with van der Waals surface area (Å²) in [7, 11) is 0. The molecule has 2 heterocycles. The van der Waals surface area contributed by atoms with Crippen LogP contribution in [0.15, 0.2) is 29.2 Å². The number of hydrogen-bond donors (Lipinski definition) is 0. The summed E-state index contributed by atoms with van der Waals surface area (Å²) in [5.41, 5.74) is 0.355. The third kappa shape index (κ3) is 4.54. The summed E-state index contributed by atoms with van der Waals surface area (Å²) in [4.78, 5) is 50.3. The number of hydrogen-bond acceptors (Lipinski definition) is 6. The van der Waals surface area contributed by atoms with Crippen molar-refractivity contribution in [3.63, 3.8) is 0 Å². The Morgan fingerprint density at radius 1 is 1.19 bits per heavy atom. The van der Waals surface area contributed by atoms with Gasteiger partial charge in [0.2, 0.25) is 5.91 Å². The highest BCUT2D eigenvalue weighted by molar-refractivity contribution is 8.18. The zero-order valence-electron chi connectivity index (χ0n) is 14.6. The van der Waals surface area contributed by atoms with Crippen LogP contribution in [0, 0.1) is 10.1 Å². The van der Waals surface area contributed by atoms with Crippen LogP contribution in [0.3, 0.4) is 0 Å². The van der Waals surface area contributed by atoms with Crippen molar-refractivity contribution in [2.24, 2.45) is 0 Å². The van der Waals surface area contributed by atoms with E-state index in [1.165, 1.54) is 24.3 Å². The second kappa shape index (κ2) is 8.34. The maximum absolute atomic E-state index is 12.5. The third-order valence-corrected chi connectivity index (χ3v) is 5.41. The number of non-ortho nitro benzene ring substituents is 1. The minimum Gasteiger partial charge on any atom is -0.341 e. The smallest absolute Gasteiger partial charge is 0.294 e. The highest BCUT2D eigenvalue weighted by Crippen LogP contribution is 2.32. The SMILES string of the molecule is O=C(CN1C(=O)S/C(=C\c2cccc([N+](=O)[O-])c2)C1=O)N1CCCCCC1. The highest BCUT2D eigenvalue weighted by atomic mass is 32.2. The maximum Gasteiger partial charge on any atom is 0.294 e. The molecule has 27 heavy (non-hydrogen) atoms. The lowest BCUT2D eigenvalue weighted by molar-refractivity contribution is -0.384. The second-order valence-electron chi connectivity index (χ2n) is 6.41. The number of imide groups is 1. The monoisotopic (exact) mass is 389 g/mol. The average molecular weight is 389 g/mol. The lowest BCUT2D eigenvalue weighted by Crippen LogP contribution is -2.42. The van der Waals surface area contributed by atoms with Crippen LogP contribution in [-0.2, 0) is 9.59 Å². The van der Waals surface area contributed by atoms with Gasteiger partial charge in [0.05, 0.1) is 9.83 Å². The van der Waals surface area contributed by atoms with Crippen molar-refractivity contribution in [3.8, 4) is 0 Å². The number of likely N-dealkylation sites (tertiary alicyclic amines) is 1. The van der Waals surface area contributed by atoms with Gasteiger partial charge in [-0.1, -0.05) is 25.0 Å². The maximum atomic E-state index is 12.5. The largest absolute Gasteiger partial charge is 0.341 e. The standard InChI is InChI=1S/C18H19N3O5S/c22-16(19-8-3-1-2-4-9-19)12-20-17(23)15(27-18(20)24)11-13-6-5-7-14(10-13)21(25)26/h5-7,10-11H,1-4,8-9,12H2/b15-11-. The van der Waals surface area contributed by atoms with Crippen LogP contribution >= 0.6 is 11.8 Å². The minimum atomic E-state index is -0.542. The normalized spacial score (nSPS) is 19.5. The zero-order valence-corrected chi connectivity index (χ0v) is 15.4. The molecule has 0 saturated carbocycles. The van der Waals surface area contributed by atoms with Gasteiger partial charge in [-0.3, -0.25) is 29.4 Å². The molecular formula is C18H19N3O5S. The fourth-order valence-corrected chi connectivity index (χ4v) is 3.91.